The van der Waals surface area contributed by atoms with Crippen LogP contribution in [0.25, 0.3) is 16.8 Å². The second kappa shape index (κ2) is 12.4. The minimum Gasteiger partial charge on any atom is -0.494 e. The van der Waals surface area contributed by atoms with Gasteiger partial charge in [0.15, 0.2) is 23.1 Å². The molecule has 3 aromatic heterocycles. The summed E-state index contributed by atoms with van der Waals surface area (Å²) in [5, 5.41) is 10.4. The molecule has 3 rings (SSSR count). The zero-order valence-corrected chi connectivity index (χ0v) is 22.5. The topological polar surface area (TPSA) is 105 Å². The number of methoxy groups -OCH3 is 2. The van der Waals surface area contributed by atoms with Gasteiger partial charge in [-0.3, -0.25) is 4.98 Å². The molecular weight excluding hydrogens is 603 g/mol. The Labute approximate surface area is 237 Å². The molecule has 0 saturated carbocycles. The van der Waals surface area contributed by atoms with Crippen molar-refractivity contribution in [1.82, 2.24) is 24.6 Å². The molecule has 0 aromatic carbocycles. The highest BCUT2D eigenvalue weighted by Gasteiger charge is 2.49. The van der Waals surface area contributed by atoms with Crippen LogP contribution in [0, 0.1) is 11.3 Å². The Morgan fingerprint density at radius 1 is 1.05 bits per heavy atom. The number of imidazole rings is 1. The monoisotopic (exact) mass is 626 g/mol. The molecule has 0 spiro atoms. The Hall–Kier alpha value is -4.43. The van der Waals surface area contributed by atoms with E-state index in [9.17, 15) is 49.6 Å². The average molecular weight is 626 g/mol. The van der Waals surface area contributed by atoms with Crippen LogP contribution in [-0.2, 0) is 0 Å². The van der Waals surface area contributed by atoms with Gasteiger partial charge in [0, 0.05) is 36.5 Å². The Bertz CT molecular complexity index is 1500. The van der Waals surface area contributed by atoms with Crippen LogP contribution in [0.4, 0.5) is 44.3 Å². The van der Waals surface area contributed by atoms with Crippen LogP contribution in [0.15, 0.2) is 30.7 Å². The van der Waals surface area contributed by atoms with Crippen LogP contribution >= 0.6 is 0 Å². The van der Waals surface area contributed by atoms with Crippen LogP contribution in [0.5, 0.6) is 11.5 Å². The van der Waals surface area contributed by atoms with E-state index in [1.807, 2.05) is 6.07 Å². The summed E-state index contributed by atoms with van der Waals surface area (Å²) in [6.07, 6.45) is -15.6. The zero-order chi connectivity index (χ0) is 32.3. The number of hydrogen-bond acceptors (Lipinski definition) is 6. The molecule has 0 aliphatic rings. The van der Waals surface area contributed by atoms with Crippen molar-refractivity contribution in [2.45, 2.75) is 50.4 Å². The minimum atomic E-state index is -5.38. The first kappa shape index (κ1) is 33.1. The maximum Gasteiger partial charge on any atom is 0.414 e. The standard InChI is InChI=1S/C25H23F9N6O3/c1-4-40(22(41)38-19(24(29,30)31)5-6-23(26,27)28)20(25(32,33)34)16-8-15(18(43-3)10-36-16)13-7-17(42-2)21-37-14(9-35)12-39(21)11-13/h7-8,10-12,19-20H,4-6H2,1-3H3,(H,38,41)/t19-,20?/m0/s1. The van der Waals surface area contributed by atoms with Gasteiger partial charge in [-0.2, -0.15) is 44.8 Å². The van der Waals surface area contributed by atoms with E-state index in [0.717, 1.165) is 19.2 Å². The molecule has 2 atom stereocenters. The zero-order valence-electron chi connectivity index (χ0n) is 22.5. The molecule has 0 aliphatic heterocycles. The summed E-state index contributed by atoms with van der Waals surface area (Å²) in [5.74, 6) is 0.0851. The van der Waals surface area contributed by atoms with E-state index in [-0.39, 0.29) is 38.9 Å². The number of aromatic nitrogens is 3. The minimum absolute atomic E-state index is 0.00645. The maximum absolute atomic E-state index is 14.4. The molecule has 2 amide bonds. The third-order valence-electron chi connectivity index (χ3n) is 6.18. The van der Waals surface area contributed by atoms with Gasteiger partial charge in [-0.05, 0) is 25.5 Å². The number of hydrogen-bond donors (Lipinski definition) is 1. The van der Waals surface area contributed by atoms with Crippen LogP contribution in [-0.4, -0.2) is 70.6 Å². The first-order chi connectivity index (χ1) is 19.9. The van der Waals surface area contributed by atoms with E-state index in [0.29, 0.717) is 0 Å². The fraction of sp³-hybridized carbons (Fsp3) is 0.440. The van der Waals surface area contributed by atoms with E-state index in [2.05, 4.69) is 9.97 Å². The summed E-state index contributed by atoms with van der Waals surface area (Å²) < 4.78 is 133. The van der Waals surface area contributed by atoms with Crippen LogP contribution in [0.3, 0.4) is 0 Å². The highest BCUT2D eigenvalue weighted by molar-refractivity contribution is 5.76. The number of urea groups is 1. The molecule has 1 N–H and O–H groups in total. The maximum atomic E-state index is 14.4. The number of ether oxygens (including phenoxy) is 2. The van der Waals surface area contributed by atoms with E-state index in [1.54, 1.807) is 0 Å². The first-order valence-electron chi connectivity index (χ1n) is 12.2. The van der Waals surface area contributed by atoms with E-state index >= 15 is 0 Å². The number of carbonyl (C=O) groups is 1. The SMILES string of the molecule is CCN(C(=O)N[C@@H](CCC(F)(F)F)C(F)(F)F)C(c1cc(-c2cc(OC)c3nc(C#N)cn3c2)c(OC)cn1)C(F)(F)F. The summed E-state index contributed by atoms with van der Waals surface area (Å²) in [6, 6.07) is -3.76. The Morgan fingerprint density at radius 2 is 1.70 bits per heavy atom. The summed E-state index contributed by atoms with van der Waals surface area (Å²) in [7, 11) is 2.49. The van der Waals surface area contributed by atoms with Gasteiger partial charge in [-0.15, -0.1) is 0 Å². The lowest BCUT2D eigenvalue weighted by molar-refractivity contribution is -0.182. The number of fused-ring (bicyclic) bond motifs is 1. The van der Waals surface area contributed by atoms with E-state index in [4.69, 9.17) is 9.47 Å². The molecule has 0 fully saturated rings. The van der Waals surface area contributed by atoms with Crippen molar-refractivity contribution < 1.29 is 53.8 Å². The van der Waals surface area contributed by atoms with Crippen LogP contribution in [0.2, 0.25) is 0 Å². The van der Waals surface area contributed by atoms with Gasteiger partial charge in [-0.25, -0.2) is 9.78 Å². The van der Waals surface area contributed by atoms with Gasteiger partial charge in [-0.1, -0.05) is 0 Å². The Balaban J connectivity index is 2.10. The molecule has 0 saturated heterocycles. The van der Waals surface area contributed by atoms with Crippen molar-refractivity contribution in [2.24, 2.45) is 0 Å². The predicted molar refractivity (Wildman–Crippen MR) is 131 cm³/mol. The van der Waals surface area contributed by atoms with Crippen molar-refractivity contribution in [3.05, 3.63) is 42.1 Å². The smallest absolute Gasteiger partial charge is 0.414 e. The van der Waals surface area contributed by atoms with Gasteiger partial charge in [0.25, 0.3) is 0 Å². The fourth-order valence-electron chi connectivity index (χ4n) is 4.22. The number of carbonyl (C=O) groups excluding carboxylic acids is 1. The number of alkyl halides is 9. The molecule has 18 heteroatoms. The molecule has 3 heterocycles. The van der Waals surface area contributed by atoms with Gasteiger partial charge in [0.1, 0.15) is 17.9 Å². The summed E-state index contributed by atoms with van der Waals surface area (Å²) >= 11 is 0. The van der Waals surface area contributed by atoms with Gasteiger partial charge in [0.05, 0.1) is 26.1 Å². The normalized spacial score (nSPS) is 13.7. The molecule has 234 valence electrons. The second-order valence-corrected chi connectivity index (χ2v) is 9.00. The summed E-state index contributed by atoms with van der Waals surface area (Å²) in [5.41, 5.74) is -0.440. The van der Waals surface area contributed by atoms with E-state index in [1.165, 1.54) is 42.4 Å². The molecule has 43 heavy (non-hydrogen) atoms. The Morgan fingerprint density at radius 3 is 2.21 bits per heavy atom. The van der Waals surface area contributed by atoms with Gasteiger partial charge >= 0.3 is 24.6 Å². The highest BCUT2D eigenvalue weighted by Crippen LogP contribution is 2.41. The van der Waals surface area contributed by atoms with Gasteiger partial charge in [0.2, 0.25) is 0 Å². The van der Waals surface area contributed by atoms with Crippen LogP contribution < -0.4 is 14.8 Å². The van der Waals surface area contributed by atoms with Crippen molar-refractivity contribution in [3.63, 3.8) is 0 Å². The third-order valence-corrected chi connectivity index (χ3v) is 6.18. The second-order valence-electron chi connectivity index (χ2n) is 9.00. The number of nitriles is 1. The molecule has 3 aromatic rings. The van der Waals surface area contributed by atoms with E-state index < -0.39 is 61.7 Å². The first-order valence-corrected chi connectivity index (χ1v) is 12.2. The van der Waals surface area contributed by atoms with Gasteiger partial charge < -0.3 is 24.1 Å². The van der Waals surface area contributed by atoms with Crippen molar-refractivity contribution in [2.75, 3.05) is 20.8 Å². The lowest BCUT2D eigenvalue weighted by Gasteiger charge is -2.34. The molecule has 0 aliphatic carbocycles. The largest absolute Gasteiger partial charge is 0.494 e. The number of rotatable bonds is 9. The number of pyridine rings is 2. The molecule has 9 nitrogen and oxygen atoms in total. The fourth-order valence-corrected chi connectivity index (χ4v) is 4.22. The molecule has 1 unspecified atom stereocenters. The van der Waals surface area contributed by atoms with Crippen molar-refractivity contribution in [1.29, 1.82) is 5.26 Å². The summed E-state index contributed by atoms with van der Waals surface area (Å²) in [6.45, 7) is 0.250. The van der Waals surface area contributed by atoms with Crippen molar-refractivity contribution in [3.8, 4) is 28.7 Å². The quantitative estimate of drug-likeness (QED) is 0.284. The third kappa shape index (κ3) is 7.70. The number of amides is 2. The predicted octanol–water partition coefficient (Wildman–Crippen LogP) is 6.19. The van der Waals surface area contributed by atoms with Crippen LogP contribution in [0.1, 0.15) is 37.2 Å². The number of halogens is 9. The molecule has 0 radical (unpaired) electrons. The lowest BCUT2D eigenvalue weighted by Crippen LogP contribution is -2.53. The number of nitrogens with one attached hydrogen (secondary N) is 1. The van der Waals surface area contributed by atoms with Crippen molar-refractivity contribution >= 4 is 11.7 Å². The number of nitrogens with zero attached hydrogens (tertiary/aromatic N) is 5. The molecular formula is C25H23F9N6O3. The summed E-state index contributed by atoms with van der Waals surface area (Å²) in [4.78, 5) is 20.6. The lowest BCUT2D eigenvalue weighted by atomic mass is 10.0. The highest BCUT2D eigenvalue weighted by atomic mass is 19.4. The Kier molecular flexibility index (Phi) is 9.56. The molecule has 0 bridgehead atoms. The average Bonchev–Trinajstić information content (AvgIpc) is 3.34.